The fourth-order valence-corrected chi connectivity index (χ4v) is 0. The fraction of sp³-hybridized carbons (Fsp3) is 0. The second-order valence-corrected chi connectivity index (χ2v) is 1.34. The standard InChI is InChI=1S/H3O4P.2Sr/c1-5(2,3)4;;/h(H3,1,2,3,4);;/q;2*+2/p-3. The van der Waals surface area contributed by atoms with Gasteiger partial charge in [-0.1, -0.05) is 0 Å². The normalized spacial score (nSPS) is 8.43. The van der Waals surface area contributed by atoms with Gasteiger partial charge < -0.3 is 19.2 Å². The summed E-state index contributed by atoms with van der Waals surface area (Å²) in [5.41, 5.74) is 0. The molecule has 0 aromatic rings. The van der Waals surface area contributed by atoms with Gasteiger partial charge >= 0.3 is 91.0 Å². The Kier molecular flexibility index (Phi) is 17.0. The molecule has 0 rings (SSSR count). The molecule has 0 saturated heterocycles. The third kappa shape index (κ3) is 48.1. The van der Waals surface area contributed by atoms with Crippen LogP contribution in [0.3, 0.4) is 0 Å². The molecule has 32 valence electrons. The maximum atomic E-state index is 8.55. The van der Waals surface area contributed by atoms with Crippen molar-refractivity contribution in [2.75, 3.05) is 0 Å². The maximum absolute atomic E-state index is 8.55. The summed E-state index contributed by atoms with van der Waals surface area (Å²) >= 11 is 0. The zero-order valence-corrected chi connectivity index (χ0v) is 11.3. The average molecular weight is 270 g/mol. The molecule has 0 fully saturated rings. The molecular weight excluding hydrogens is 270 g/mol. The summed E-state index contributed by atoms with van der Waals surface area (Å²) in [5.74, 6) is 0. The predicted octanol–water partition coefficient (Wildman–Crippen LogP) is -3.59. The predicted molar refractivity (Wildman–Crippen MR) is 19.1 cm³/mol. The Bertz CT molecular complexity index is 55.8. The minimum absolute atomic E-state index is 0. The van der Waals surface area contributed by atoms with Crippen molar-refractivity contribution in [1.82, 2.24) is 0 Å². The smallest absolute Gasteiger partial charge is 0.822 e. The van der Waals surface area contributed by atoms with Crippen molar-refractivity contribution in [1.29, 1.82) is 0 Å². The minimum atomic E-state index is -5.39. The van der Waals surface area contributed by atoms with Crippen LogP contribution in [-0.4, -0.2) is 91.0 Å². The van der Waals surface area contributed by atoms with Crippen LogP contribution in [0.2, 0.25) is 0 Å². The molecule has 0 aromatic heterocycles. The summed E-state index contributed by atoms with van der Waals surface area (Å²) in [6, 6.07) is 0. The van der Waals surface area contributed by atoms with Gasteiger partial charge in [0.1, 0.15) is 0 Å². The molecule has 0 radical (unpaired) electrons. The van der Waals surface area contributed by atoms with Crippen molar-refractivity contribution >= 4 is 98.8 Å². The third-order valence-electron chi connectivity index (χ3n) is 0. The van der Waals surface area contributed by atoms with E-state index in [0.29, 0.717) is 0 Å². The summed E-state index contributed by atoms with van der Waals surface area (Å²) in [7, 11) is -5.39. The summed E-state index contributed by atoms with van der Waals surface area (Å²) in [4.78, 5) is 25.6. The van der Waals surface area contributed by atoms with Gasteiger partial charge in [-0.2, -0.15) is 7.82 Å². The number of rotatable bonds is 0. The van der Waals surface area contributed by atoms with Crippen LogP contribution in [0.25, 0.3) is 0 Å². The van der Waals surface area contributed by atoms with Gasteiger partial charge in [0, 0.05) is 0 Å². The van der Waals surface area contributed by atoms with E-state index >= 15 is 0 Å². The number of hydrogen-bond acceptors (Lipinski definition) is 4. The van der Waals surface area contributed by atoms with E-state index in [0.717, 1.165) is 0 Å². The van der Waals surface area contributed by atoms with Crippen LogP contribution in [0.4, 0.5) is 0 Å². The largest absolute Gasteiger partial charge is 2.00 e. The molecule has 0 atom stereocenters. The van der Waals surface area contributed by atoms with E-state index in [1.54, 1.807) is 0 Å². The first-order valence-corrected chi connectivity index (χ1v) is 2.19. The first-order valence-electron chi connectivity index (χ1n) is 0.730. The molecule has 7 heavy (non-hydrogen) atoms. The van der Waals surface area contributed by atoms with Gasteiger partial charge in [-0.15, -0.1) is 0 Å². The molecule has 0 spiro atoms. The topological polar surface area (TPSA) is 86.2 Å². The Morgan fingerprint density at radius 2 is 1.00 bits per heavy atom. The van der Waals surface area contributed by atoms with Crippen LogP contribution in [0.15, 0.2) is 0 Å². The molecule has 7 heteroatoms. The Morgan fingerprint density at radius 3 is 1.00 bits per heavy atom. The van der Waals surface area contributed by atoms with Crippen molar-refractivity contribution in [3.8, 4) is 0 Å². The Hall–Kier alpha value is 3.07. The van der Waals surface area contributed by atoms with Crippen LogP contribution in [0.1, 0.15) is 0 Å². The van der Waals surface area contributed by atoms with Crippen molar-refractivity contribution in [2.45, 2.75) is 0 Å². The molecule has 0 aromatic carbocycles. The monoisotopic (exact) mass is 271 g/mol. The fourth-order valence-electron chi connectivity index (χ4n) is 0. The first-order chi connectivity index (χ1) is 2.00. The van der Waals surface area contributed by atoms with Crippen molar-refractivity contribution in [2.24, 2.45) is 0 Å². The van der Waals surface area contributed by atoms with E-state index in [1.807, 2.05) is 0 Å². The van der Waals surface area contributed by atoms with Crippen molar-refractivity contribution in [3.05, 3.63) is 0 Å². The van der Waals surface area contributed by atoms with E-state index in [2.05, 4.69) is 0 Å². The van der Waals surface area contributed by atoms with Crippen molar-refractivity contribution < 1.29 is 19.2 Å². The molecule has 0 aliphatic carbocycles. The van der Waals surface area contributed by atoms with Crippen LogP contribution < -0.4 is 14.7 Å². The maximum Gasteiger partial charge on any atom is 2.00 e. The number of phosphoric acid groups is 1. The molecule has 0 amide bonds. The first kappa shape index (κ1) is 16.6. The zero-order valence-electron chi connectivity index (χ0n) is 3.49. The molecule has 0 aliphatic rings. The summed E-state index contributed by atoms with van der Waals surface area (Å²) in [6.07, 6.45) is 0. The van der Waals surface area contributed by atoms with Crippen LogP contribution >= 0.6 is 7.82 Å². The van der Waals surface area contributed by atoms with Gasteiger partial charge in [-0.3, -0.25) is 0 Å². The molecule has 0 N–H and O–H groups in total. The molecule has 0 aliphatic heterocycles. The van der Waals surface area contributed by atoms with Crippen LogP contribution in [0, 0.1) is 0 Å². The van der Waals surface area contributed by atoms with E-state index in [9.17, 15) is 0 Å². The Balaban J connectivity index is -0.0000000800. The molecule has 0 bridgehead atoms. The average Bonchev–Trinajstić information content (AvgIpc) is 0.722. The van der Waals surface area contributed by atoms with E-state index < -0.39 is 7.82 Å². The summed E-state index contributed by atoms with van der Waals surface area (Å²) < 4.78 is 8.55. The van der Waals surface area contributed by atoms with E-state index in [-0.39, 0.29) is 91.0 Å². The van der Waals surface area contributed by atoms with Crippen LogP contribution in [-0.2, 0) is 4.57 Å². The van der Waals surface area contributed by atoms with Gasteiger partial charge in [0.15, 0.2) is 0 Å². The number of hydrogen-bond donors (Lipinski definition) is 0. The molecule has 0 unspecified atom stereocenters. The van der Waals surface area contributed by atoms with E-state index in [1.165, 1.54) is 0 Å². The molecule has 0 heterocycles. The Labute approximate surface area is 115 Å². The summed E-state index contributed by atoms with van der Waals surface area (Å²) in [5, 5.41) is 0. The Morgan fingerprint density at radius 1 is 1.00 bits per heavy atom. The van der Waals surface area contributed by atoms with E-state index in [4.69, 9.17) is 19.2 Å². The van der Waals surface area contributed by atoms with Crippen molar-refractivity contribution in [3.63, 3.8) is 0 Å². The quantitative estimate of drug-likeness (QED) is 0.336. The van der Waals surface area contributed by atoms with Gasteiger partial charge in [0.2, 0.25) is 0 Å². The van der Waals surface area contributed by atoms with Gasteiger partial charge in [0.05, 0.1) is 0 Å². The second-order valence-electron chi connectivity index (χ2n) is 0.447. The minimum Gasteiger partial charge on any atom is -0.822 e. The molecule has 0 saturated carbocycles. The second kappa shape index (κ2) is 7.18. The van der Waals surface area contributed by atoms with Gasteiger partial charge in [-0.25, -0.2) is 0 Å². The zero-order chi connectivity index (χ0) is 4.50. The van der Waals surface area contributed by atoms with Gasteiger partial charge in [0.25, 0.3) is 0 Å². The van der Waals surface area contributed by atoms with Gasteiger partial charge in [-0.05, 0) is 0 Å². The third-order valence-corrected chi connectivity index (χ3v) is 0. The van der Waals surface area contributed by atoms with Crippen LogP contribution in [0.5, 0.6) is 0 Å². The summed E-state index contributed by atoms with van der Waals surface area (Å²) in [6.45, 7) is 0. The molecule has 4 nitrogen and oxygen atoms in total. The molecular formula is O4PSr2+. The SMILES string of the molecule is O=P([O-])([O-])[O-].[Sr+2].[Sr+2].